The van der Waals surface area contributed by atoms with Gasteiger partial charge in [-0.2, -0.15) is 0 Å². The van der Waals surface area contributed by atoms with Gasteiger partial charge in [0.05, 0.1) is 4.90 Å². The molecule has 0 aliphatic heterocycles. The quantitative estimate of drug-likeness (QED) is 0.396. The van der Waals surface area contributed by atoms with Crippen LogP contribution in [-0.4, -0.2) is 16.8 Å². The first-order valence-corrected chi connectivity index (χ1v) is 13.4. The van der Waals surface area contributed by atoms with Gasteiger partial charge in [0.1, 0.15) is 10.7 Å². The lowest BCUT2D eigenvalue weighted by atomic mass is 10.2. The van der Waals surface area contributed by atoms with E-state index in [0.717, 1.165) is 6.07 Å². The molecular weight excluding hydrogens is 657 g/mol. The van der Waals surface area contributed by atoms with Gasteiger partial charge in [-0.3, -0.25) is 0 Å². The van der Waals surface area contributed by atoms with Gasteiger partial charge < -0.3 is 0 Å². The lowest BCUT2D eigenvalue weighted by Crippen LogP contribution is -2.15. The number of benzene rings is 2. The SMILES string of the molecule is C.C.CC.CC.Cc1cccc(I)c1S(N)(=O)=O.NS(=O)(=O)c1c(F)cccc1I. The van der Waals surface area contributed by atoms with Gasteiger partial charge in [0.25, 0.3) is 0 Å². The van der Waals surface area contributed by atoms with E-state index in [1.807, 2.05) is 50.3 Å². The van der Waals surface area contributed by atoms with Crippen molar-refractivity contribution in [2.75, 3.05) is 0 Å². The van der Waals surface area contributed by atoms with E-state index in [-0.39, 0.29) is 23.3 Å². The lowest BCUT2D eigenvalue weighted by molar-refractivity contribution is 0.566. The molecule has 11 heteroatoms. The minimum Gasteiger partial charge on any atom is -0.225 e. The second-order valence-electron chi connectivity index (χ2n) is 4.53. The highest BCUT2D eigenvalue weighted by Gasteiger charge is 2.17. The highest BCUT2D eigenvalue weighted by Crippen LogP contribution is 2.20. The van der Waals surface area contributed by atoms with Gasteiger partial charge in [-0.1, -0.05) is 60.7 Å². The van der Waals surface area contributed by atoms with Crippen LogP contribution in [0, 0.1) is 19.9 Å². The van der Waals surface area contributed by atoms with E-state index in [1.54, 1.807) is 47.7 Å². The number of halogens is 3. The zero-order valence-electron chi connectivity index (χ0n) is 16.2. The number of sulfonamides is 2. The van der Waals surface area contributed by atoms with Crippen molar-refractivity contribution in [1.29, 1.82) is 0 Å². The number of rotatable bonds is 2. The summed E-state index contributed by atoms with van der Waals surface area (Å²) in [6.45, 7) is 9.72. The minimum atomic E-state index is -3.95. The van der Waals surface area contributed by atoms with E-state index in [2.05, 4.69) is 0 Å². The molecule has 176 valence electrons. The van der Waals surface area contributed by atoms with E-state index in [0.29, 0.717) is 9.13 Å². The maximum atomic E-state index is 12.9. The van der Waals surface area contributed by atoms with Crippen LogP contribution in [0.3, 0.4) is 0 Å². The minimum absolute atomic E-state index is 0. The maximum Gasteiger partial charge on any atom is 0.242 e. The Morgan fingerprint density at radius 1 is 0.733 bits per heavy atom. The Morgan fingerprint density at radius 2 is 1.07 bits per heavy atom. The molecule has 0 spiro atoms. The van der Waals surface area contributed by atoms with Gasteiger partial charge in [-0.15, -0.1) is 0 Å². The summed E-state index contributed by atoms with van der Waals surface area (Å²) in [5.41, 5.74) is 0.685. The zero-order valence-corrected chi connectivity index (χ0v) is 22.2. The van der Waals surface area contributed by atoms with Gasteiger partial charge in [-0.05, 0) is 75.9 Å². The standard InChI is InChI=1S/C7H8INO2S.C6H5FINO2S.2C2H6.2CH4/c1-5-3-2-4-6(8)7(5)12(9,10)11;7-4-2-1-3-5(8)6(4)12(9,10)11;2*1-2;;/h2-4H,1H3,(H2,9,10,11);1-3H,(H2,9,10,11);2*1-2H3;2*1H4. The van der Waals surface area contributed by atoms with Crippen molar-refractivity contribution in [2.45, 2.75) is 59.3 Å². The van der Waals surface area contributed by atoms with Crippen molar-refractivity contribution in [1.82, 2.24) is 0 Å². The van der Waals surface area contributed by atoms with Crippen LogP contribution in [0.5, 0.6) is 0 Å². The van der Waals surface area contributed by atoms with Crippen LogP contribution in [0.1, 0.15) is 48.1 Å². The van der Waals surface area contributed by atoms with Crippen molar-refractivity contribution < 1.29 is 21.2 Å². The first-order valence-electron chi connectivity index (χ1n) is 8.10. The Hall–Kier alpha value is -0.350. The molecule has 0 aliphatic rings. The molecule has 0 bridgehead atoms. The van der Waals surface area contributed by atoms with Crippen molar-refractivity contribution >= 4 is 65.2 Å². The number of nitrogens with two attached hydrogens (primary N) is 2. The number of primary sulfonamides is 2. The topological polar surface area (TPSA) is 120 Å². The molecule has 0 radical (unpaired) electrons. The van der Waals surface area contributed by atoms with Crippen molar-refractivity contribution in [3.05, 3.63) is 54.9 Å². The molecule has 2 aromatic rings. The van der Waals surface area contributed by atoms with Crippen LogP contribution >= 0.6 is 45.2 Å². The summed E-state index contributed by atoms with van der Waals surface area (Å²) in [5.74, 6) is -0.815. The molecule has 0 saturated carbocycles. The van der Waals surface area contributed by atoms with Crippen molar-refractivity contribution in [3.63, 3.8) is 0 Å². The van der Waals surface area contributed by atoms with Crippen LogP contribution in [-0.2, 0) is 20.0 Å². The molecule has 0 fully saturated rings. The fraction of sp³-hybridized carbons (Fsp3) is 0.368. The molecule has 2 rings (SSSR count). The van der Waals surface area contributed by atoms with E-state index in [9.17, 15) is 21.2 Å². The van der Waals surface area contributed by atoms with E-state index in [4.69, 9.17) is 10.3 Å². The summed E-state index contributed by atoms with van der Waals surface area (Å²) in [4.78, 5) is -0.212. The predicted octanol–water partition coefficient (Wildman–Crippen LogP) is 5.65. The summed E-state index contributed by atoms with van der Waals surface area (Å²) in [7, 11) is -7.52. The van der Waals surface area contributed by atoms with Crippen LogP contribution in [0.15, 0.2) is 46.2 Å². The third kappa shape index (κ3) is 12.5. The summed E-state index contributed by atoms with van der Waals surface area (Å²) in [5, 5.41) is 9.81. The van der Waals surface area contributed by atoms with Crippen LogP contribution in [0.2, 0.25) is 0 Å². The van der Waals surface area contributed by atoms with Gasteiger partial charge in [0, 0.05) is 7.14 Å². The van der Waals surface area contributed by atoms with Crippen molar-refractivity contribution in [2.24, 2.45) is 10.3 Å². The molecule has 2 aromatic carbocycles. The fourth-order valence-electron chi connectivity index (χ4n) is 1.73. The van der Waals surface area contributed by atoms with Gasteiger partial charge in [0.2, 0.25) is 20.0 Å². The number of hydrogen-bond acceptors (Lipinski definition) is 4. The average Bonchev–Trinajstić information content (AvgIpc) is 2.56. The van der Waals surface area contributed by atoms with Crippen LogP contribution in [0.4, 0.5) is 4.39 Å². The Balaban J connectivity index is -0.000000183. The summed E-state index contributed by atoms with van der Waals surface area (Å²) >= 11 is 3.66. The molecule has 6 nitrogen and oxygen atoms in total. The molecular formula is C19H33FI2N2O4S2. The molecule has 0 amide bonds. The summed E-state index contributed by atoms with van der Waals surface area (Å²) in [6, 6.07) is 9.19. The second kappa shape index (κ2) is 17.2. The Morgan fingerprint density at radius 3 is 1.30 bits per heavy atom. The number of hydrogen-bond donors (Lipinski definition) is 2. The molecule has 0 aromatic heterocycles. The molecule has 0 unspecified atom stereocenters. The Labute approximate surface area is 209 Å². The fourth-order valence-corrected chi connectivity index (χ4v) is 6.21. The molecule has 30 heavy (non-hydrogen) atoms. The van der Waals surface area contributed by atoms with Crippen LogP contribution in [0.25, 0.3) is 0 Å². The largest absolute Gasteiger partial charge is 0.242 e. The maximum absolute atomic E-state index is 12.9. The van der Waals surface area contributed by atoms with E-state index >= 15 is 0 Å². The summed E-state index contributed by atoms with van der Waals surface area (Å²) in [6.07, 6.45) is 0. The molecule has 0 heterocycles. The molecule has 0 saturated heterocycles. The second-order valence-corrected chi connectivity index (χ2v) is 9.85. The smallest absolute Gasteiger partial charge is 0.225 e. The van der Waals surface area contributed by atoms with Gasteiger partial charge in [-0.25, -0.2) is 31.5 Å². The van der Waals surface area contributed by atoms with Gasteiger partial charge >= 0.3 is 0 Å². The average molecular weight is 690 g/mol. The lowest BCUT2D eigenvalue weighted by Gasteiger charge is -2.04. The first-order chi connectivity index (χ1) is 12.9. The van der Waals surface area contributed by atoms with Gasteiger partial charge in [0.15, 0.2) is 0 Å². The van der Waals surface area contributed by atoms with Crippen LogP contribution < -0.4 is 10.3 Å². The van der Waals surface area contributed by atoms with E-state index in [1.165, 1.54) is 12.1 Å². The Kier molecular flexibility index (Phi) is 21.3. The highest BCUT2D eigenvalue weighted by atomic mass is 127. The Bertz CT molecular complexity index is 848. The monoisotopic (exact) mass is 690 g/mol. The predicted molar refractivity (Wildman–Crippen MR) is 142 cm³/mol. The molecule has 0 atom stereocenters. The molecule has 4 N–H and O–H groups in total. The third-order valence-electron chi connectivity index (χ3n) is 2.65. The first kappa shape index (κ1) is 37.0. The normalized spacial score (nSPS) is 9.67. The highest BCUT2D eigenvalue weighted by molar-refractivity contribution is 14.1. The molecule has 0 aliphatic carbocycles. The zero-order chi connectivity index (χ0) is 22.7. The third-order valence-corrected chi connectivity index (χ3v) is 7.28. The summed E-state index contributed by atoms with van der Waals surface area (Å²) < 4.78 is 57.5. The van der Waals surface area contributed by atoms with Crippen molar-refractivity contribution in [3.8, 4) is 0 Å². The van der Waals surface area contributed by atoms with E-state index < -0.39 is 30.8 Å². The number of aryl methyl sites for hydroxylation is 1.